The summed E-state index contributed by atoms with van der Waals surface area (Å²) in [6, 6.07) is 16.1. The minimum absolute atomic E-state index is 0.168. The van der Waals surface area contributed by atoms with Gasteiger partial charge in [-0.1, -0.05) is 47.6 Å². The van der Waals surface area contributed by atoms with Crippen molar-refractivity contribution in [3.63, 3.8) is 0 Å². The molecule has 0 aromatic heterocycles. The molecule has 0 radical (unpaired) electrons. The van der Waals surface area contributed by atoms with Crippen LogP contribution >= 0.6 is 0 Å². The largest absolute Gasteiger partial charge is 0.450 e. The van der Waals surface area contributed by atoms with Crippen LogP contribution in [-0.4, -0.2) is 65.8 Å². The van der Waals surface area contributed by atoms with E-state index in [1.165, 1.54) is 17.7 Å². The molecule has 7 nitrogen and oxygen atoms in total. The molecule has 2 aliphatic rings. The molecule has 8 heteroatoms. The Balaban J connectivity index is 1.23. The summed E-state index contributed by atoms with van der Waals surface area (Å²) in [5, 5.41) is 3.88. The lowest BCUT2D eigenvalue weighted by atomic mass is 10.1. The number of carbonyl (C=O) groups excluding carboxylic acids is 2. The lowest BCUT2D eigenvalue weighted by Gasteiger charge is -2.35. The summed E-state index contributed by atoms with van der Waals surface area (Å²) in [4.78, 5) is 34.4. The molecule has 4 rings (SSSR count). The minimum atomic E-state index is -0.939. The van der Waals surface area contributed by atoms with Gasteiger partial charge in [0, 0.05) is 44.7 Å². The molecule has 0 spiro atoms. The molecule has 0 aliphatic carbocycles. The molecule has 2 atom stereocenters. The quantitative estimate of drug-likeness (QED) is 0.647. The molecule has 32 heavy (non-hydrogen) atoms. The fraction of sp³-hybridized carbons (Fsp3) is 0.375. The number of nitrogens with zero attached hydrogens (tertiary/aromatic N) is 3. The second-order valence-electron chi connectivity index (χ2n) is 8.01. The summed E-state index contributed by atoms with van der Waals surface area (Å²) >= 11 is 0. The number of amides is 1. The number of esters is 1. The molecule has 2 heterocycles. The van der Waals surface area contributed by atoms with Crippen molar-refractivity contribution in [2.45, 2.75) is 32.1 Å². The summed E-state index contributed by atoms with van der Waals surface area (Å²) in [6.45, 7) is 5.11. The standard InChI is InChI=1S/C24H26FN3O4/c1-17(23(29)28-12-10-27(11-13-28)16-18-6-3-2-4-7-18)31-24(30)22-15-21(26-32-22)19-8-5-9-20(25)14-19/h2-9,14,17,22H,10-13,15-16H2,1H3. The van der Waals surface area contributed by atoms with Crippen LogP contribution in [0.5, 0.6) is 0 Å². The van der Waals surface area contributed by atoms with Crippen LogP contribution in [0, 0.1) is 5.82 Å². The van der Waals surface area contributed by atoms with E-state index < -0.39 is 18.2 Å². The van der Waals surface area contributed by atoms with E-state index in [0.29, 0.717) is 24.4 Å². The molecular formula is C24H26FN3O4. The summed E-state index contributed by atoms with van der Waals surface area (Å²) in [5.74, 6) is -1.26. The van der Waals surface area contributed by atoms with E-state index in [0.717, 1.165) is 19.6 Å². The zero-order valence-electron chi connectivity index (χ0n) is 17.9. The Kier molecular flexibility index (Phi) is 6.80. The SMILES string of the molecule is CC(OC(=O)C1CC(c2cccc(F)c2)=NO1)C(=O)N1CCN(Cc2ccccc2)CC1. The van der Waals surface area contributed by atoms with Gasteiger partial charge in [0.15, 0.2) is 6.10 Å². The first-order valence-electron chi connectivity index (χ1n) is 10.7. The maximum atomic E-state index is 13.4. The van der Waals surface area contributed by atoms with Gasteiger partial charge in [0.1, 0.15) is 5.82 Å². The van der Waals surface area contributed by atoms with Crippen LogP contribution in [-0.2, 0) is 25.7 Å². The smallest absolute Gasteiger partial charge is 0.351 e. The second-order valence-corrected chi connectivity index (χ2v) is 8.01. The van der Waals surface area contributed by atoms with Crippen LogP contribution < -0.4 is 0 Å². The molecule has 2 aromatic carbocycles. The van der Waals surface area contributed by atoms with Crippen LogP contribution in [0.25, 0.3) is 0 Å². The van der Waals surface area contributed by atoms with Gasteiger partial charge in [-0.2, -0.15) is 0 Å². The number of hydrogen-bond acceptors (Lipinski definition) is 6. The summed E-state index contributed by atoms with van der Waals surface area (Å²) in [6.07, 6.45) is -1.68. The Labute approximate surface area is 186 Å². The molecule has 0 N–H and O–H groups in total. The lowest BCUT2D eigenvalue weighted by molar-refractivity contribution is -0.168. The van der Waals surface area contributed by atoms with Gasteiger partial charge in [0.25, 0.3) is 5.91 Å². The molecule has 2 aliphatic heterocycles. The van der Waals surface area contributed by atoms with Crippen LogP contribution in [0.15, 0.2) is 59.8 Å². The first kappa shape index (κ1) is 22.0. The number of benzene rings is 2. The Hall–Kier alpha value is -3.26. The predicted molar refractivity (Wildman–Crippen MR) is 116 cm³/mol. The van der Waals surface area contributed by atoms with Gasteiger partial charge in [-0.3, -0.25) is 9.69 Å². The van der Waals surface area contributed by atoms with E-state index in [2.05, 4.69) is 22.2 Å². The highest BCUT2D eigenvalue weighted by Gasteiger charge is 2.34. The number of oxime groups is 1. The minimum Gasteiger partial charge on any atom is -0.450 e. The van der Waals surface area contributed by atoms with E-state index in [-0.39, 0.29) is 18.1 Å². The Morgan fingerprint density at radius 1 is 1.12 bits per heavy atom. The number of hydrogen-bond donors (Lipinski definition) is 0. The number of carbonyl (C=O) groups is 2. The number of ether oxygens (including phenoxy) is 1. The normalized spacial score (nSPS) is 19.8. The van der Waals surface area contributed by atoms with E-state index in [1.54, 1.807) is 24.0 Å². The van der Waals surface area contributed by atoms with Crippen molar-refractivity contribution in [3.05, 3.63) is 71.5 Å². The van der Waals surface area contributed by atoms with E-state index in [1.807, 2.05) is 18.2 Å². The van der Waals surface area contributed by atoms with Gasteiger partial charge in [0.05, 0.1) is 5.71 Å². The van der Waals surface area contributed by atoms with Crippen LogP contribution in [0.3, 0.4) is 0 Å². The van der Waals surface area contributed by atoms with Gasteiger partial charge in [0.2, 0.25) is 6.10 Å². The fourth-order valence-corrected chi connectivity index (χ4v) is 3.87. The molecule has 2 unspecified atom stereocenters. The Morgan fingerprint density at radius 2 is 1.88 bits per heavy atom. The Morgan fingerprint density at radius 3 is 2.59 bits per heavy atom. The van der Waals surface area contributed by atoms with Crippen molar-refractivity contribution in [2.24, 2.45) is 5.16 Å². The molecule has 1 saturated heterocycles. The van der Waals surface area contributed by atoms with Gasteiger partial charge in [-0.25, -0.2) is 9.18 Å². The lowest BCUT2D eigenvalue weighted by Crippen LogP contribution is -2.51. The average molecular weight is 439 g/mol. The monoisotopic (exact) mass is 439 g/mol. The topological polar surface area (TPSA) is 71.4 Å². The predicted octanol–water partition coefficient (Wildman–Crippen LogP) is 2.59. The van der Waals surface area contributed by atoms with Crippen molar-refractivity contribution >= 4 is 17.6 Å². The third-order valence-corrected chi connectivity index (χ3v) is 5.66. The van der Waals surface area contributed by atoms with Gasteiger partial charge >= 0.3 is 5.97 Å². The van der Waals surface area contributed by atoms with Gasteiger partial charge in [-0.05, 0) is 24.6 Å². The average Bonchev–Trinajstić information content (AvgIpc) is 3.30. The first-order valence-corrected chi connectivity index (χ1v) is 10.7. The highest BCUT2D eigenvalue weighted by molar-refractivity contribution is 6.03. The van der Waals surface area contributed by atoms with Gasteiger partial charge in [-0.15, -0.1) is 0 Å². The molecule has 0 bridgehead atoms. The zero-order chi connectivity index (χ0) is 22.5. The zero-order valence-corrected chi connectivity index (χ0v) is 17.9. The van der Waals surface area contributed by atoms with Gasteiger partial charge < -0.3 is 14.5 Å². The second kappa shape index (κ2) is 9.91. The number of piperazine rings is 1. The molecule has 0 saturated carbocycles. The Bertz CT molecular complexity index is 990. The molecular weight excluding hydrogens is 413 g/mol. The maximum Gasteiger partial charge on any atom is 0.351 e. The molecule has 1 amide bonds. The van der Waals surface area contributed by atoms with Crippen molar-refractivity contribution in [1.29, 1.82) is 0 Å². The van der Waals surface area contributed by atoms with Crippen LogP contribution in [0.2, 0.25) is 0 Å². The highest BCUT2D eigenvalue weighted by atomic mass is 19.1. The summed E-state index contributed by atoms with van der Waals surface area (Å²) < 4.78 is 18.8. The fourth-order valence-electron chi connectivity index (χ4n) is 3.87. The van der Waals surface area contributed by atoms with Crippen LogP contribution in [0.1, 0.15) is 24.5 Å². The van der Waals surface area contributed by atoms with E-state index in [9.17, 15) is 14.0 Å². The first-order chi connectivity index (χ1) is 15.5. The molecule has 168 valence electrons. The van der Waals surface area contributed by atoms with Crippen LogP contribution in [0.4, 0.5) is 4.39 Å². The van der Waals surface area contributed by atoms with Crippen molar-refractivity contribution in [1.82, 2.24) is 9.80 Å². The third-order valence-electron chi connectivity index (χ3n) is 5.66. The number of rotatable bonds is 6. The summed E-state index contributed by atoms with van der Waals surface area (Å²) in [7, 11) is 0. The molecule has 2 aromatic rings. The van der Waals surface area contributed by atoms with E-state index >= 15 is 0 Å². The van der Waals surface area contributed by atoms with Crippen molar-refractivity contribution in [3.8, 4) is 0 Å². The maximum absolute atomic E-state index is 13.4. The highest BCUT2D eigenvalue weighted by Crippen LogP contribution is 2.19. The summed E-state index contributed by atoms with van der Waals surface area (Å²) in [5.41, 5.74) is 2.27. The van der Waals surface area contributed by atoms with E-state index in [4.69, 9.17) is 9.57 Å². The van der Waals surface area contributed by atoms with Crippen molar-refractivity contribution < 1.29 is 23.6 Å². The number of halogens is 1. The molecule has 1 fully saturated rings. The van der Waals surface area contributed by atoms with Crippen molar-refractivity contribution in [2.75, 3.05) is 26.2 Å². The third kappa shape index (κ3) is 5.31.